The predicted molar refractivity (Wildman–Crippen MR) is 84.7 cm³/mol. The molecule has 0 aliphatic carbocycles. The number of phenols is 1. The molecule has 1 atom stereocenters. The van der Waals surface area contributed by atoms with E-state index in [9.17, 15) is 14.7 Å². The summed E-state index contributed by atoms with van der Waals surface area (Å²) >= 11 is 5.78. The lowest BCUT2D eigenvalue weighted by Crippen LogP contribution is -2.36. The normalized spacial score (nSPS) is 11.5. The Kier molecular flexibility index (Phi) is 5.01. The maximum Gasteiger partial charge on any atom is 0.313 e. The molecule has 22 heavy (non-hydrogen) atoms. The molecule has 0 bridgehead atoms. The van der Waals surface area contributed by atoms with Crippen molar-refractivity contribution in [2.75, 3.05) is 5.32 Å². The number of amides is 2. The summed E-state index contributed by atoms with van der Waals surface area (Å²) < 4.78 is 0. The van der Waals surface area contributed by atoms with Crippen molar-refractivity contribution in [1.29, 1.82) is 0 Å². The number of hydrogen-bond donors (Lipinski definition) is 3. The minimum atomic E-state index is -0.875. The van der Waals surface area contributed by atoms with Crippen molar-refractivity contribution in [1.82, 2.24) is 5.32 Å². The van der Waals surface area contributed by atoms with Crippen LogP contribution in [0.3, 0.4) is 0 Å². The van der Waals surface area contributed by atoms with E-state index in [0.717, 1.165) is 5.56 Å². The average Bonchev–Trinajstić information content (AvgIpc) is 2.51. The standard InChI is InChI=1S/C16H15ClN2O3/c1-10(11-5-3-2-4-6-11)18-15(21)16(22)19-13-9-12(17)7-8-14(13)20/h2-10,20H,1H3,(H,18,21)(H,19,22). The van der Waals surface area contributed by atoms with E-state index in [2.05, 4.69) is 10.6 Å². The van der Waals surface area contributed by atoms with Crippen molar-refractivity contribution in [3.05, 3.63) is 59.1 Å². The zero-order valence-corrected chi connectivity index (χ0v) is 12.6. The molecule has 0 aromatic heterocycles. The quantitative estimate of drug-likeness (QED) is 0.601. The summed E-state index contributed by atoms with van der Waals surface area (Å²) in [6.45, 7) is 1.78. The number of hydrogen-bond acceptors (Lipinski definition) is 3. The molecule has 2 rings (SSSR count). The van der Waals surface area contributed by atoms with Crippen LogP contribution in [-0.2, 0) is 9.59 Å². The zero-order valence-electron chi connectivity index (χ0n) is 11.8. The van der Waals surface area contributed by atoms with Crippen molar-refractivity contribution in [2.45, 2.75) is 13.0 Å². The molecule has 114 valence electrons. The van der Waals surface area contributed by atoms with Gasteiger partial charge in [0, 0.05) is 5.02 Å². The Labute approximate surface area is 132 Å². The highest BCUT2D eigenvalue weighted by Gasteiger charge is 2.18. The Morgan fingerprint density at radius 1 is 1.09 bits per heavy atom. The first-order valence-electron chi connectivity index (χ1n) is 6.62. The SMILES string of the molecule is CC(NC(=O)C(=O)Nc1cc(Cl)ccc1O)c1ccccc1. The summed E-state index contributed by atoms with van der Waals surface area (Å²) in [5, 5.41) is 14.9. The molecule has 1 unspecified atom stereocenters. The number of carbonyl (C=O) groups is 2. The Bertz CT molecular complexity index is 689. The summed E-state index contributed by atoms with van der Waals surface area (Å²) in [5.74, 6) is -1.84. The van der Waals surface area contributed by atoms with Crippen molar-refractivity contribution in [3.63, 3.8) is 0 Å². The monoisotopic (exact) mass is 318 g/mol. The van der Waals surface area contributed by atoms with Gasteiger partial charge in [-0.05, 0) is 30.7 Å². The van der Waals surface area contributed by atoms with Gasteiger partial charge in [-0.25, -0.2) is 0 Å². The first-order chi connectivity index (χ1) is 10.5. The fraction of sp³-hybridized carbons (Fsp3) is 0.125. The van der Waals surface area contributed by atoms with E-state index in [1.807, 2.05) is 30.3 Å². The first kappa shape index (κ1) is 15.9. The second-order valence-electron chi connectivity index (χ2n) is 4.72. The highest BCUT2D eigenvalue weighted by Crippen LogP contribution is 2.26. The highest BCUT2D eigenvalue weighted by atomic mass is 35.5. The van der Waals surface area contributed by atoms with Gasteiger partial charge < -0.3 is 15.7 Å². The molecule has 0 fully saturated rings. The van der Waals surface area contributed by atoms with Crippen molar-refractivity contribution in [2.24, 2.45) is 0 Å². The molecule has 0 heterocycles. The number of phenolic OH excluding ortho intramolecular Hbond substituents is 1. The maximum absolute atomic E-state index is 11.9. The van der Waals surface area contributed by atoms with Gasteiger partial charge in [0.15, 0.2) is 0 Å². The number of carbonyl (C=O) groups excluding carboxylic acids is 2. The molecule has 2 aromatic carbocycles. The van der Waals surface area contributed by atoms with E-state index < -0.39 is 11.8 Å². The molecule has 0 saturated heterocycles. The minimum Gasteiger partial charge on any atom is -0.506 e. The van der Waals surface area contributed by atoms with Gasteiger partial charge in [-0.2, -0.15) is 0 Å². The summed E-state index contributed by atoms with van der Waals surface area (Å²) in [4.78, 5) is 23.8. The Balaban J connectivity index is 2.01. The summed E-state index contributed by atoms with van der Waals surface area (Å²) in [6, 6.07) is 13.1. The summed E-state index contributed by atoms with van der Waals surface area (Å²) in [6.07, 6.45) is 0. The van der Waals surface area contributed by atoms with Crippen LogP contribution in [0.25, 0.3) is 0 Å². The third-order valence-corrected chi connectivity index (χ3v) is 3.30. The van der Waals surface area contributed by atoms with Crippen molar-refractivity contribution >= 4 is 29.1 Å². The summed E-state index contributed by atoms with van der Waals surface area (Å²) in [5.41, 5.74) is 0.967. The van der Waals surface area contributed by atoms with Gasteiger partial charge in [0.25, 0.3) is 0 Å². The zero-order chi connectivity index (χ0) is 16.1. The Morgan fingerprint density at radius 2 is 1.77 bits per heavy atom. The van der Waals surface area contributed by atoms with Crippen molar-refractivity contribution < 1.29 is 14.7 Å². The predicted octanol–water partition coefficient (Wildman–Crippen LogP) is 2.86. The third kappa shape index (κ3) is 3.99. The van der Waals surface area contributed by atoms with E-state index >= 15 is 0 Å². The number of rotatable bonds is 3. The van der Waals surface area contributed by atoms with E-state index in [1.54, 1.807) is 6.92 Å². The number of aromatic hydroxyl groups is 1. The number of nitrogens with one attached hydrogen (secondary N) is 2. The topological polar surface area (TPSA) is 78.4 Å². The molecule has 3 N–H and O–H groups in total. The van der Waals surface area contributed by atoms with Gasteiger partial charge >= 0.3 is 11.8 Å². The molecular formula is C16H15ClN2O3. The van der Waals surface area contributed by atoms with Gasteiger partial charge in [0.1, 0.15) is 5.75 Å². The molecule has 2 aromatic rings. The largest absolute Gasteiger partial charge is 0.506 e. The molecule has 0 aliphatic heterocycles. The van der Waals surface area contributed by atoms with Gasteiger partial charge in [-0.1, -0.05) is 41.9 Å². The van der Waals surface area contributed by atoms with Gasteiger partial charge in [-0.3, -0.25) is 9.59 Å². The van der Waals surface area contributed by atoms with Crippen LogP contribution in [0.2, 0.25) is 5.02 Å². The number of anilines is 1. The van der Waals surface area contributed by atoms with Gasteiger partial charge in [-0.15, -0.1) is 0 Å². The fourth-order valence-corrected chi connectivity index (χ4v) is 2.05. The van der Waals surface area contributed by atoms with E-state index in [1.165, 1.54) is 18.2 Å². The fourth-order valence-electron chi connectivity index (χ4n) is 1.87. The second kappa shape index (κ2) is 6.95. The first-order valence-corrected chi connectivity index (χ1v) is 7.00. The lowest BCUT2D eigenvalue weighted by Gasteiger charge is -2.14. The van der Waals surface area contributed by atoms with Crippen LogP contribution in [0.5, 0.6) is 5.75 Å². The van der Waals surface area contributed by atoms with E-state index in [4.69, 9.17) is 11.6 Å². The molecule has 0 aliphatic rings. The van der Waals surface area contributed by atoms with Crippen LogP contribution in [0.15, 0.2) is 48.5 Å². The van der Waals surface area contributed by atoms with Crippen LogP contribution in [0, 0.1) is 0 Å². The minimum absolute atomic E-state index is 0.0833. The van der Waals surface area contributed by atoms with Crippen LogP contribution in [0.1, 0.15) is 18.5 Å². The molecular weight excluding hydrogens is 304 g/mol. The van der Waals surface area contributed by atoms with Crippen molar-refractivity contribution in [3.8, 4) is 5.75 Å². The lowest BCUT2D eigenvalue weighted by molar-refractivity contribution is -0.136. The molecule has 0 spiro atoms. The molecule has 2 amide bonds. The molecule has 6 heteroatoms. The average molecular weight is 319 g/mol. The Hall–Kier alpha value is -2.53. The van der Waals surface area contributed by atoms with Crippen LogP contribution < -0.4 is 10.6 Å². The number of halogens is 1. The van der Waals surface area contributed by atoms with Gasteiger partial charge in [0.2, 0.25) is 0 Å². The Morgan fingerprint density at radius 3 is 2.45 bits per heavy atom. The van der Waals surface area contributed by atoms with E-state index in [-0.39, 0.29) is 17.5 Å². The smallest absolute Gasteiger partial charge is 0.313 e. The lowest BCUT2D eigenvalue weighted by atomic mass is 10.1. The van der Waals surface area contributed by atoms with Crippen LogP contribution in [0.4, 0.5) is 5.69 Å². The maximum atomic E-state index is 11.9. The molecule has 0 radical (unpaired) electrons. The van der Waals surface area contributed by atoms with E-state index in [0.29, 0.717) is 5.02 Å². The number of benzene rings is 2. The van der Waals surface area contributed by atoms with Crippen LogP contribution >= 0.6 is 11.6 Å². The third-order valence-electron chi connectivity index (χ3n) is 3.06. The van der Waals surface area contributed by atoms with Gasteiger partial charge in [0.05, 0.1) is 11.7 Å². The molecule has 0 saturated carbocycles. The molecule has 5 nitrogen and oxygen atoms in total. The second-order valence-corrected chi connectivity index (χ2v) is 5.16. The van der Waals surface area contributed by atoms with Crippen LogP contribution in [-0.4, -0.2) is 16.9 Å². The highest BCUT2D eigenvalue weighted by molar-refractivity contribution is 6.40. The summed E-state index contributed by atoms with van der Waals surface area (Å²) in [7, 11) is 0.